The Kier molecular flexibility index (Phi) is 2.93. The number of hydrogen-bond acceptors (Lipinski definition) is 3. The van der Waals surface area contributed by atoms with Gasteiger partial charge in [0.25, 0.3) is 5.69 Å². The van der Waals surface area contributed by atoms with Gasteiger partial charge in [0.15, 0.2) is 0 Å². The van der Waals surface area contributed by atoms with Crippen molar-refractivity contribution in [1.82, 2.24) is 4.98 Å². The quantitative estimate of drug-likeness (QED) is 0.608. The van der Waals surface area contributed by atoms with Crippen molar-refractivity contribution in [3.63, 3.8) is 0 Å². The molecule has 1 aromatic heterocycles. The molecule has 1 heterocycles. The first-order valence-electron chi connectivity index (χ1n) is 5.93. The first-order valence-corrected chi connectivity index (χ1v) is 5.93. The molecule has 1 aromatic carbocycles. The zero-order valence-corrected chi connectivity index (χ0v) is 10.3. The zero-order valence-electron chi connectivity index (χ0n) is 10.3. The minimum Gasteiger partial charge on any atom is -0.258 e. The molecule has 0 atom stereocenters. The predicted molar refractivity (Wildman–Crippen MR) is 72.7 cm³/mol. The second-order valence-corrected chi connectivity index (χ2v) is 4.42. The van der Waals surface area contributed by atoms with Crippen LogP contribution in [0.1, 0.15) is 11.1 Å². The zero-order chi connectivity index (χ0) is 13.4. The third-order valence-corrected chi connectivity index (χ3v) is 3.21. The molecule has 93 valence electrons. The van der Waals surface area contributed by atoms with Gasteiger partial charge in [0.05, 0.1) is 10.4 Å². The van der Waals surface area contributed by atoms with Crippen molar-refractivity contribution in [2.45, 2.75) is 6.92 Å². The normalized spacial score (nSPS) is 16.1. The van der Waals surface area contributed by atoms with E-state index in [2.05, 4.69) is 4.98 Å². The van der Waals surface area contributed by atoms with Gasteiger partial charge < -0.3 is 0 Å². The largest absolute Gasteiger partial charge is 0.274 e. The molecule has 2 aromatic rings. The van der Waals surface area contributed by atoms with E-state index in [0.29, 0.717) is 5.56 Å². The summed E-state index contributed by atoms with van der Waals surface area (Å²) in [5, 5.41) is 12.1. The van der Waals surface area contributed by atoms with Crippen LogP contribution in [0.15, 0.2) is 24.4 Å². The molecule has 0 spiro atoms. The van der Waals surface area contributed by atoms with Gasteiger partial charge in [-0.2, -0.15) is 0 Å². The number of nitrogens with zero attached hydrogens (tertiary/aromatic N) is 2. The van der Waals surface area contributed by atoms with Gasteiger partial charge in [-0.05, 0) is 44.2 Å². The molecule has 3 rings (SSSR count). The monoisotopic (exact) mass is 251 g/mol. The lowest BCUT2D eigenvalue weighted by atomic mass is 9.90. The molecule has 1 fully saturated rings. The third-order valence-electron chi connectivity index (χ3n) is 3.21. The number of pyridine rings is 1. The van der Waals surface area contributed by atoms with Crippen molar-refractivity contribution in [1.29, 1.82) is 0 Å². The number of aryl methyl sites for hydroxylation is 1. The van der Waals surface area contributed by atoms with Gasteiger partial charge in [-0.25, -0.2) is 0 Å². The van der Waals surface area contributed by atoms with Crippen molar-refractivity contribution in [2.75, 3.05) is 0 Å². The summed E-state index contributed by atoms with van der Waals surface area (Å²) in [6.45, 7) is 1.84. The summed E-state index contributed by atoms with van der Waals surface area (Å²) in [5.41, 5.74) is 2.40. The Morgan fingerprint density at radius 3 is 2.68 bits per heavy atom. The summed E-state index contributed by atoms with van der Waals surface area (Å²) < 4.78 is 0. The van der Waals surface area contributed by atoms with E-state index in [4.69, 9.17) is 0 Å². The van der Waals surface area contributed by atoms with E-state index in [0.717, 1.165) is 22.4 Å². The van der Waals surface area contributed by atoms with E-state index < -0.39 is 0 Å². The molecule has 1 saturated carbocycles. The van der Waals surface area contributed by atoms with Crippen LogP contribution in [0.5, 0.6) is 0 Å². The van der Waals surface area contributed by atoms with E-state index in [9.17, 15) is 10.1 Å². The third kappa shape index (κ3) is 1.97. The lowest BCUT2D eigenvalue weighted by Gasteiger charge is -2.13. The van der Waals surface area contributed by atoms with Crippen LogP contribution >= 0.6 is 0 Å². The van der Waals surface area contributed by atoms with Crippen LogP contribution in [0.3, 0.4) is 0 Å². The Balaban J connectivity index is 2.33. The van der Waals surface area contributed by atoms with Crippen LogP contribution in [0.4, 0.5) is 5.69 Å². The summed E-state index contributed by atoms with van der Waals surface area (Å²) >= 11 is 0. The highest BCUT2D eigenvalue weighted by molar-refractivity contribution is 5.92. The average molecular weight is 251 g/mol. The summed E-state index contributed by atoms with van der Waals surface area (Å²) in [7, 11) is 0. The van der Waals surface area contributed by atoms with E-state index in [1.54, 1.807) is 18.3 Å². The first kappa shape index (κ1) is 12.1. The minimum absolute atomic E-state index is 0.129. The molecule has 0 aliphatic heterocycles. The van der Waals surface area contributed by atoms with Gasteiger partial charge in [-0.3, -0.25) is 15.1 Å². The first-order chi connectivity index (χ1) is 9.18. The second-order valence-electron chi connectivity index (χ2n) is 4.42. The molecule has 19 heavy (non-hydrogen) atoms. The van der Waals surface area contributed by atoms with E-state index in [1.165, 1.54) is 0 Å². The minimum atomic E-state index is -0.332. The Morgan fingerprint density at radius 1 is 1.26 bits per heavy atom. The van der Waals surface area contributed by atoms with Crippen LogP contribution in [-0.4, -0.2) is 9.91 Å². The Morgan fingerprint density at radius 2 is 2.00 bits per heavy atom. The fourth-order valence-electron chi connectivity index (χ4n) is 2.39. The van der Waals surface area contributed by atoms with Crippen LogP contribution in [0.25, 0.3) is 10.9 Å². The summed E-state index contributed by atoms with van der Waals surface area (Å²) in [6.07, 6.45) is 9.21. The van der Waals surface area contributed by atoms with Gasteiger partial charge in [-0.15, -0.1) is 0 Å². The number of nitro groups is 1. The van der Waals surface area contributed by atoms with E-state index >= 15 is 0 Å². The smallest absolute Gasteiger partial charge is 0.258 e. The highest BCUT2D eigenvalue weighted by Crippen LogP contribution is 2.40. The molecule has 4 nitrogen and oxygen atoms in total. The summed E-state index contributed by atoms with van der Waals surface area (Å²) in [4.78, 5) is 15.3. The maximum absolute atomic E-state index is 11.3. The second kappa shape index (κ2) is 4.61. The van der Waals surface area contributed by atoms with Crippen LogP contribution in [0, 0.1) is 48.6 Å². The Labute approximate surface area is 111 Å². The van der Waals surface area contributed by atoms with Crippen molar-refractivity contribution in [2.24, 2.45) is 0 Å². The van der Waals surface area contributed by atoms with Gasteiger partial charge in [0.2, 0.25) is 0 Å². The number of hydrogen-bond donors (Lipinski definition) is 0. The van der Waals surface area contributed by atoms with Crippen LogP contribution in [-0.2, 0) is 0 Å². The molecular formula is C15H11N2O2. The Hall–Kier alpha value is -1.97. The molecule has 1 aliphatic rings. The Bertz CT molecular complexity index is 646. The molecule has 5 radical (unpaired) electrons. The number of aromatic nitrogens is 1. The number of rotatable bonds is 2. The SMILES string of the molecule is Cc1cc([N+](=O)[O-])c([C]2[CH][CH][CH][CH]2)c2cccnc12. The van der Waals surface area contributed by atoms with Gasteiger partial charge in [0.1, 0.15) is 0 Å². The molecule has 1 aliphatic carbocycles. The lowest BCUT2D eigenvalue weighted by molar-refractivity contribution is -0.385. The van der Waals surface area contributed by atoms with E-state index in [-0.39, 0.29) is 10.6 Å². The number of nitro benzene ring substituents is 1. The fourth-order valence-corrected chi connectivity index (χ4v) is 2.39. The molecule has 0 unspecified atom stereocenters. The van der Waals surface area contributed by atoms with Crippen molar-refractivity contribution in [3.8, 4) is 0 Å². The average Bonchev–Trinajstić information content (AvgIpc) is 2.92. The van der Waals surface area contributed by atoms with Gasteiger partial charge in [-0.1, -0.05) is 6.07 Å². The fraction of sp³-hybridized carbons (Fsp3) is 0.0667. The van der Waals surface area contributed by atoms with Gasteiger partial charge in [0, 0.05) is 29.1 Å². The van der Waals surface area contributed by atoms with Crippen molar-refractivity contribution < 1.29 is 4.92 Å². The number of benzene rings is 1. The highest BCUT2D eigenvalue weighted by atomic mass is 16.6. The van der Waals surface area contributed by atoms with Crippen LogP contribution in [0.2, 0.25) is 0 Å². The maximum Gasteiger partial charge on any atom is 0.274 e. The molecule has 0 N–H and O–H groups in total. The van der Waals surface area contributed by atoms with Crippen molar-refractivity contribution in [3.05, 3.63) is 77.2 Å². The molecule has 0 saturated heterocycles. The topological polar surface area (TPSA) is 56.0 Å². The standard InChI is InChI=1S/C15H11N2O2/c1-10-9-13(17(18)19)14(11-5-2-3-6-11)12-7-4-8-16-15(10)12/h2-9H,1H3. The lowest BCUT2D eigenvalue weighted by Crippen LogP contribution is -2.04. The molecule has 4 heteroatoms. The van der Waals surface area contributed by atoms with E-state index in [1.807, 2.05) is 38.7 Å². The summed E-state index contributed by atoms with van der Waals surface area (Å²) in [6, 6.07) is 5.28. The predicted octanol–water partition coefficient (Wildman–Crippen LogP) is 3.20. The molecular weight excluding hydrogens is 240 g/mol. The van der Waals surface area contributed by atoms with Crippen molar-refractivity contribution >= 4 is 16.6 Å². The van der Waals surface area contributed by atoms with Gasteiger partial charge >= 0.3 is 0 Å². The van der Waals surface area contributed by atoms with Crippen LogP contribution < -0.4 is 0 Å². The molecule has 0 amide bonds. The number of fused-ring (bicyclic) bond motifs is 1. The molecule has 0 bridgehead atoms. The highest BCUT2D eigenvalue weighted by Gasteiger charge is 2.29. The maximum atomic E-state index is 11.3. The summed E-state index contributed by atoms with van der Waals surface area (Å²) in [5.74, 6) is 0.852.